The summed E-state index contributed by atoms with van der Waals surface area (Å²) in [5.41, 5.74) is 6.29. The molecular weight excluding hydrogens is 266 g/mol. The summed E-state index contributed by atoms with van der Waals surface area (Å²) in [5, 5.41) is 1.98. The predicted octanol–water partition coefficient (Wildman–Crippen LogP) is 0.843. The van der Waals surface area contributed by atoms with Crippen LogP contribution in [-0.4, -0.2) is 58.4 Å². The molecule has 6 nitrogen and oxygen atoms in total. The minimum absolute atomic E-state index is 0.0878. The van der Waals surface area contributed by atoms with E-state index < -0.39 is 0 Å². The number of amides is 1. The standard InChI is InChI=1S/C15H21N5O/c1-11-5-4-6-20-13(12(2)16-14(11)20)15(21)17-19-9-7-18(3)8-10-19/h4-6H,7-10H2,1-3H3,(H,17,21). The Morgan fingerprint density at radius 1 is 1.24 bits per heavy atom. The number of piperazine rings is 1. The summed E-state index contributed by atoms with van der Waals surface area (Å²) in [6.07, 6.45) is 1.89. The van der Waals surface area contributed by atoms with Crippen LogP contribution in [0.1, 0.15) is 21.7 Å². The number of fused-ring (bicyclic) bond motifs is 1. The van der Waals surface area contributed by atoms with Crippen LogP contribution < -0.4 is 5.43 Å². The lowest BCUT2D eigenvalue weighted by Crippen LogP contribution is -2.52. The van der Waals surface area contributed by atoms with Crippen LogP contribution in [0.5, 0.6) is 0 Å². The van der Waals surface area contributed by atoms with E-state index in [9.17, 15) is 4.79 Å². The van der Waals surface area contributed by atoms with Crippen molar-refractivity contribution in [2.24, 2.45) is 0 Å². The number of rotatable bonds is 2. The van der Waals surface area contributed by atoms with Gasteiger partial charge in [-0.05, 0) is 32.5 Å². The quantitative estimate of drug-likeness (QED) is 0.889. The van der Waals surface area contributed by atoms with E-state index in [4.69, 9.17) is 0 Å². The van der Waals surface area contributed by atoms with Crippen LogP contribution >= 0.6 is 0 Å². The van der Waals surface area contributed by atoms with E-state index in [1.165, 1.54) is 0 Å². The third-order valence-electron chi connectivity index (χ3n) is 4.00. The van der Waals surface area contributed by atoms with Gasteiger partial charge in [0.1, 0.15) is 11.3 Å². The van der Waals surface area contributed by atoms with Gasteiger partial charge in [0.15, 0.2) is 0 Å². The first kappa shape index (κ1) is 14.0. The van der Waals surface area contributed by atoms with E-state index in [0.29, 0.717) is 5.69 Å². The number of aryl methyl sites for hydroxylation is 2. The molecule has 0 bridgehead atoms. The maximum Gasteiger partial charge on any atom is 0.284 e. The summed E-state index contributed by atoms with van der Waals surface area (Å²) in [6, 6.07) is 3.94. The molecule has 3 heterocycles. The van der Waals surface area contributed by atoms with E-state index in [1.54, 1.807) is 0 Å². The van der Waals surface area contributed by atoms with Gasteiger partial charge in [-0.1, -0.05) is 6.07 Å². The number of likely N-dealkylation sites (N-methyl/N-ethyl adjacent to an activating group) is 1. The highest BCUT2D eigenvalue weighted by Crippen LogP contribution is 2.15. The first-order valence-corrected chi connectivity index (χ1v) is 7.25. The van der Waals surface area contributed by atoms with Crippen LogP contribution in [0.15, 0.2) is 18.3 Å². The molecule has 6 heteroatoms. The highest BCUT2D eigenvalue weighted by Gasteiger charge is 2.21. The number of pyridine rings is 1. The van der Waals surface area contributed by atoms with Gasteiger partial charge in [0.25, 0.3) is 5.91 Å². The molecule has 0 aromatic carbocycles. The van der Waals surface area contributed by atoms with E-state index >= 15 is 0 Å². The van der Waals surface area contributed by atoms with Crippen molar-refractivity contribution in [3.63, 3.8) is 0 Å². The topological polar surface area (TPSA) is 52.9 Å². The van der Waals surface area contributed by atoms with Gasteiger partial charge in [0.2, 0.25) is 0 Å². The second-order valence-corrected chi connectivity index (χ2v) is 5.66. The van der Waals surface area contributed by atoms with Crippen molar-refractivity contribution < 1.29 is 4.79 Å². The summed E-state index contributed by atoms with van der Waals surface area (Å²) < 4.78 is 1.87. The lowest BCUT2D eigenvalue weighted by atomic mass is 10.3. The summed E-state index contributed by atoms with van der Waals surface area (Å²) in [4.78, 5) is 19.3. The molecule has 1 aliphatic heterocycles. The first-order valence-electron chi connectivity index (χ1n) is 7.25. The minimum Gasteiger partial charge on any atom is -0.304 e. The lowest BCUT2D eigenvalue weighted by molar-refractivity contribution is 0.0656. The van der Waals surface area contributed by atoms with Crippen molar-refractivity contribution in [3.8, 4) is 0 Å². The van der Waals surface area contributed by atoms with Crippen molar-refractivity contribution in [2.45, 2.75) is 13.8 Å². The Hall–Kier alpha value is -1.92. The molecule has 1 aliphatic rings. The zero-order valence-corrected chi connectivity index (χ0v) is 12.8. The Kier molecular flexibility index (Phi) is 3.65. The van der Waals surface area contributed by atoms with Crippen LogP contribution in [0.2, 0.25) is 0 Å². The molecule has 0 unspecified atom stereocenters. The van der Waals surface area contributed by atoms with Crippen LogP contribution in [0, 0.1) is 13.8 Å². The monoisotopic (exact) mass is 287 g/mol. The van der Waals surface area contributed by atoms with Gasteiger partial charge in [-0.25, -0.2) is 9.99 Å². The minimum atomic E-state index is -0.0878. The van der Waals surface area contributed by atoms with E-state index in [-0.39, 0.29) is 5.91 Å². The summed E-state index contributed by atoms with van der Waals surface area (Å²) in [7, 11) is 2.09. The molecule has 2 aromatic rings. The average Bonchev–Trinajstić information content (AvgIpc) is 2.79. The van der Waals surface area contributed by atoms with Crippen molar-refractivity contribution in [2.75, 3.05) is 33.2 Å². The van der Waals surface area contributed by atoms with Crippen molar-refractivity contribution >= 4 is 11.6 Å². The number of imidazole rings is 1. The number of hydrogen-bond donors (Lipinski definition) is 1. The SMILES string of the molecule is Cc1nc2c(C)cccn2c1C(=O)NN1CCN(C)CC1. The highest BCUT2D eigenvalue weighted by molar-refractivity contribution is 5.94. The Bertz CT molecular complexity index is 670. The summed E-state index contributed by atoms with van der Waals surface area (Å²) in [6.45, 7) is 7.50. The average molecular weight is 287 g/mol. The molecular formula is C15H21N5O. The third kappa shape index (κ3) is 2.64. The van der Waals surface area contributed by atoms with Gasteiger partial charge in [-0.3, -0.25) is 14.6 Å². The molecule has 0 spiro atoms. The van der Waals surface area contributed by atoms with Crippen molar-refractivity contribution in [3.05, 3.63) is 35.3 Å². The first-order chi connectivity index (χ1) is 10.1. The maximum atomic E-state index is 12.6. The number of carbonyl (C=O) groups excluding carboxylic acids is 1. The molecule has 3 rings (SSSR count). The Balaban J connectivity index is 1.85. The van der Waals surface area contributed by atoms with Crippen molar-refractivity contribution in [1.82, 2.24) is 24.7 Å². The van der Waals surface area contributed by atoms with Crippen LogP contribution in [0.3, 0.4) is 0 Å². The van der Waals surface area contributed by atoms with Crippen molar-refractivity contribution in [1.29, 1.82) is 0 Å². The second-order valence-electron chi connectivity index (χ2n) is 5.66. The van der Waals surface area contributed by atoms with Gasteiger partial charge in [0.05, 0.1) is 5.69 Å². The molecule has 0 atom stereocenters. The van der Waals surface area contributed by atoms with Gasteiger partial charge in [-0.15, -0.1) is 0 Å². The van der Waals surface area contributed by atoms with Gasteiger partial charge >= 0.3 is 0 Å². The van der Waals surface area contributed by atoms with E-state index in [1.807, 2.05) is 41.6 Å². The van der Waals surface area contributed by atoms with Crippen LogP contribution in [-0.2, 0) is 0 Å². The molecule has 1 fully saturated rings. The number of hydrazine groups is 1. The Labute approximate surface area is 124 Å². The zero-order valence-electron chi connectivity index (χ0n) is 12.8. The van der Waals surface area contributed by atoms with Crippen LogP contribution in [0.25, 0.3) is 5.65 Å². The molecule has 2 aromatic heterocycles. The summed E-state index contributed by atoms with van der Waals surface area (Å²) >= 11 is 0. The zero-order chi connectivity index (χ0) is 15.0. The number of aromatic nitrogens is 2. The lowest BCUT2D eigenvalue weighted by Gasteiger charge is -2.32. The largest absolute Gasteiger partial charge is 0.304 e. The van der Waals surface area contributed by atoms with Gasteiger partial charge < -0.3 is 4.90 Å². The van der Waals surface area contributed by atoms with E-state index in [0.717, 1.165) is 43.1 Å². The fourth-order valence-electron chi connectivity index (χ4n) is 2.71. The summed E-state index contributed by atoms with van der Waals surface area (Å²) in [5.74, 6) is -0.0878. The molecule has 21 heavy (non-hydrogen) atoms. The normalized spacial score (nSPS) is 17.3. The predicted molar refractivity (Wildman–Crippen MR) is 81.2 cm³/mol. The number of nitrogens with one attached hydrogen (secondary N) is 1. The fraction of sp³-hybridized carbons (Fsp3) is 0.467. The molecule has 1 N–H and O–H groups in total. The maximum absolute atomic E-state index is 12.6. The highest BCUT2D eigenvalue weighted by atomic mass is 16.2. The number of carbonyl (C=O) groups is 1. The van der Waals surface area contributed by atoms with Gasteiger partial charge in [0, 0.05) is 32.4 Å². The number of hydrogen-bond acceptors (Lipinski definition) is 4. The fourth-order valence-corrected chi connectivity index (χ4v) is 2.71. The third-order valence-corrected chi connectivity index (χ3v) is 4.00. The smallest absolute Gasteiger partial charge is 0.284 e. The molecule has 1 saturated heterocycles. The molecule has 0 radical (unpaired) electrons. The van der Waals surface area contributed by atoms with Gasteiger partial charge in [-0.2, -0.15) is 0 Å². The van der Waals surface area contributed by atoms with Crippen LogP contribution in [0.4, 0.5) is 0 Å². The second kappa shape index (κ2) is 5.46. The Morgan fingerprint density at radius 2 is 1.95 bits per heavy atom. The molecule has 0 aliphatic carbocycles. The molecule has 112 valence electrons. The number of nitrogens with zero attached hydrogens (tertiary/aromatic N) is 4. The van der Waals surface area contributed by atoms with E-state index in [2.05, 4.69) is 22.4 Å². The molecule has 1 amide bonds. The molecule has 0 saturated carbocycles. The Morgan fingerprint density at radius 3 is 2.67 bits per heavy atom.